The van der Waals surface area contributed by atoms with Crippen LogP contribution in [-0.2, 0) is 4.79 Å². The van der Waals surface area contributed by atoms with Gasteiger partial charge >= 0.3 is 6.18 Å². The monoisotopic (exact) mass is 408 g/mol. The summed E-state index contributed by atoms with van der Waals surface area (Å²) in [7, 11) is 0. The summed E-state index contributed by atoms with van der Waals surface area (Å²) in [5, 5.41) is 4.78. The van der Waals surface area contributed by atoms with Crippen LogP contribution in [0.1, 0.15) is 74.4 Å². The summed E-state index contributed by atoms with van der Waals surface area (Å²) in [6.45, 7) is 4.99. The number of likely N-dealkylation sites (tertiary alicyclic amines) is 1. The number of carbonyl (C=O) groups is 1. The minimum absolute atomic E-state index is 0.0449. The fourth-order valence-electron chi connectivity index (χ4n) is 4.86. The molecule has 1 saturated carbocycles. The Morgan fingerprint density at radius 3 is 2.48 bits per heavy atom. The Kier molecular flexibility index (Phi) is 5.29. The Hall–Kier alpha value is -2.12. The highest BCUT2D eigenvalue weighted by molar-refractivity contribution is 5.73. The fraction of sp³-hybridized carbons (Fsp3) is 0.667. The summed E-state index contributed by atoms with van der Waals surface area (Å²) in [5.74, 6) is -0.875. The van der Waals surface area contributed by atoms with Gasteiger partial charge in [-0.1, -0.05) is 0 Å². The van der Waals surface area contributed by atoms with Gasteiger partial charge in [0.1, 0.15) is 0 Å². The van der Waals surface area contributed by atoms with Crippen molar-refractivity contribution >= 4 is 11.6 Å². The van der Waals surface area contributed by atoms with E-state index in [4.69, 9.17) is 5.10 Å². The first kappa shape index (κ1) is 20.2. The highest BCUT2D eigenvalue weighted by Gasteiger charge is 2.42. The predicted molar refractivity (Wildman–Crippen MR) is 103 cm³/mol. The van der Waals surface area contributed by atoms with Crippen LogP contribution in [-0.4, -0.2) is 44.7 Å². The lowest BCUT2D eigenvalue weighted by molar-refractivity contribution is -0.182. The van der Waals surface area contributed by atoms with Crippen molar-refractivity contribution in [2.75, 3.05) is 13.1 Å². The van der Waals surface area contributed by atoms with Crippen LogP contribution in [0.5, 0.6) is 0 Å². The van der Waals surface area contributed by atoms with Gasteiger partial charge in [-0.25, -0.2) is 9.50 Å². The average Bonchev–Trinajstić information content (AvgIpc) is 3.10. The summed E-state index contributed by atoms with van der Waals surface area (Å²) in [5.41, 5.74) is 3.51. The van der Waals surface area contributed by atoms with Gasteiger partial charge in [0.15, 0.2) is 5.65 Å². The van der Waals surface area contributed by atoms with E-state index >= 15 is 0 Å². The van der Waals surface area contributed by atoms with Crippen LogP contribution in [0, 0.1) is 12.8 Å². The predicted octanol–water partition coefficient (Wildman–Crippen LogP) is 4.60. The van der Waals surface area contributed by atoms with Crippen LogP contribution in [0.2, 0.25) is 0 Å². The van der Waals surface area contributed by atoms with Gasteiger partial charge in [0, 0.05) is 43.6 Å². The van der Waals surface area contributed by atoms with Gasteiger partial charge in [-0.2, -0.15) is 18.3 Å². The molecule has 0 radical (unpaired) electrons. The molecule has 2 aliphatic rings. The van der Waals surface area contributed by atoms with E-state index in [0.717, 1.165) is 42.1 Å². The minimum Gasteiger partial charge on any atom is -0.342 e. The molecule has 0 bridgehead atoms. The standard InChI is InChI=1S/C21H27F3N4O/c1-13-10-19(16-4-3-9-27(12-16)14(2)29)28-20(25-13)11-18(26-28)15-5-7-17(8-6-15)21(22,23)24/h10-11,15-17H,3-9,12H2,1-2H3/t15?,16-,17?/m1/s1. The topological polar surface area (TPSA) is 50.5 Å². The number of aromatic nitrogens is 3. The average molecular weight is 408 g/mol. The fourth-order valence-corrected chi connectivity index (χ4v) is 4.86. The number of halogens is 3. The van der Waals surface area contributed by atoms with Gasteiger partial charge in [-0.15, -0.1) is 0 Å². The molecule has 1 aliphatic heterocycles. The number of piperidine rings is 1. The minimum atomic E-state index is -4.10. The number of aryl methyl sites for hydroxylation is 1. The zero-order chi connectivity index (χ0) is 20.8. The van der Waals surface area contributed by atoms with Crippen molar-refractivity contribution in [3.05, 3.63) is 29.2 Å². The molecule has 1 saturated heterocycles. The van der Waals surface area contributed by atoms with E-state index in [1.165, 1.54) is 0 Å². The van der Waals surface area contributed by atoms with E-state index in [-0.39, 0.29) is 30.6 Å². The summed E-state index contributed by atoms with van der Waals surface area (Å²) < 4.78 is 40.8. The number of amides is 1. The zero-order valence-corrected chi connectivity index (χ0v) is 16.9. The number of fused-ring (bicyclic) bond motifs is 1. The van der Waals surface area contributed by atoms with Crippen LogP contribution < -0.4 is 0 Å². The Bertz CT molecular complexity index is 899. The number of hydrogen-bond donors (Lipinski definition) is 0. The van der Waals surface area contributed by atoms with E-state index in [2.05, 4.69) is 4.98 Å². The summed E-state index contributed by atoms with van der Waals surface area (Å²) >= 11 is 0. The number of hydrogen-bond acceptors (Lipinski definition) is 3. The molecule has 0 unspecified atom stereocenters. The van der Waals surface area contributed by atoms with Gasteiger partial charge in [0.2, 0.25) is 5.91 Å². The Balaban J connectivity index is 1.60. The second-order valence-electron chi connectivity index (χ2n) is 8.56. The molecule has 3 heterocycles. The molecule has 2 aromatic rings. The maximum Gasteiger partial charge on any atom is 0.391 e. The second kappa shape index (κ2) is 7.61. The molecule has 29 heavy (non-hydrogen) atoms. The molecule has 1 amide bonds. The van der Waals surface area contributed by atoms with Gasteiger partial charge in [-0.3, -0.25) is 4.79 Å². The lowest BCUT2D eigenvalue weighted by atomic mass is 9.80. The van der Waals surface area contributed by atoms with Crippen LogP contribution >= 0.6 is 0 Å². The molecule has 1 atom stereocenters. The Labute approximate surface area is 168 Å². The van der Waals surface area contributed by atoms with Crippen molar-refractivity contribution in [1.82, 2.24) is 19.5 Å². The molecular formula is C21H27F3N4O. The van der Waals surface area contributed by atoms with Crippen molar-refractivity contribution in [3.63, 3.8) is 0 Å². The van der Waals surface area contributed by atoms with Gasteiger partial charge in [0.25, 0.3) is 0 Å². The largest absolute Gasteiger partial charge is 0.391 e. The summed E-state index contributed by atoms with van der Waals surface area (Å²) in [6, 6.07) is 3.96. The van der Waals surface area contributed by atoms with Gasteiger partial charge in [0.05, 0.1) is 17.3 Å². The van der Waals surface area contributed by atoms with E-state index in [1.807, 2.05) is 28.5 Å². The molecule has 2 fully saturated rings. The smallest absolute Gasteiger partial charge is 0.342 e. The van der Waals surface area contributed by atoms with Crippen molar-refractivity contribution in [2.45, 2.75) is 70.4 Å². The lowest BCUT2D eigenvalue weighted by Gasteiger charge is -2.32. The number of carbonyl (C=O) groups excluding carboxylic acids is 1. The Morgan fingerprint density at radius 2 is 1.83 bits per heavy atom. The zero-order valence-electron chi connectivity index (χ0n) is 16.9. The first-order chi connectivity index (χ1) is 13.7. The van der Waals surface area contributed by atoms with Crippen molar-refractivity contribution < 1.29 is 18.0 Å². The highest BCUT2D eigenvalue weighted by atomic mass is 19.4. The van der Waals surface area contributed by atoms with Crippen LogP contribution in [0.3, 0.4) is 0 Å². The molecule has 8 heteroatoms. The Morgan fingerprint density at radius 1 is 1.10 bits per heavy atom. The number of nitrogens with zero attached hydrogens (tertiary/aromatic N) is 4. The molecule has 0 spiro atoms. The van der Waals surface area contributed by atoms with E-state index in [0.29, 0.717) is 19.4 Å². The van der Waals surface area contributed by atoms with Crippen LogP contribution in [0.4, 0.5) is 13.2 Å². The summed E-state index contributed by atoms with van der Waals surface area (Å²) in [4.78, 5) is 18.3. The first-order valence-corrected chi connectivity index (χ1v) is 10.4. The van der Waals surface area contributed by atoms with Crippen LogP contribution in [0.15, 0.2) is 12.1 Å². The molecule has 2 aromatic heterocycles. The molecule has 5 nitrogen and oxygen atoms in total. The highest BCUT2D eigenvalue weighted by Crippen LogP contribution is 2.42. The van der Waals surface area contributed by atoms with Gasteiger partial charge < -0.3 is 4.90 Å². The van der Waals surface area contributed by atoms with Crippen molar-refractivity contribution in [2.24, 2.45) is 5.92 Å². The van der Waals surface area contributed by atoms with Crippen molar-refractivity contribution in [3.8, 4) is 0 Å². The second-order valence-corrected chi connectivity index (χ2v) is 8.56. The summed E-state index contributed by atoms with van der Waals surface area (Å²) in [6.07, 6.45) is -0.834. The van der Waals surface area contributed by atoms with E-state index < -0.39 is 12.1 Å². The third kappa shape index (κ3) is 4.12. The molecular weight excluding hydrogens is 381 g/mol. The third-order valence-corrected chi connectivity index (χ3v) is 6.50. The molecule has 0 N–H and O–H groups in total. The van der Waals surface area contributed by atoms with Crippen LogP contribution in [0.25, 0.3) is 5.65 Å². The lowest BCUT2D eigenvalue weighted by Crippen LogP contribution is -2.38. The molecule has 4 rings (SSSR count). The van der Waals surface area contributed by atoms with E-state index in [1.54, 1.807) is 6.92 Å². The van der Waals surface area contributed by atoms with Crippen molar-refractivity contribution in [1.29, 1.82) is 0 Å². The first-order valence-electron chi connectivity index (χ1n) is 10.4. The SMILES string of the molecule is CC(=O)N1CCC[C@@H](c2cc(C)nc3cc(C4CCC(C(F)(F)F)CC4)nn23)C1. The maximum atomic E-state index is 13.0. The van der Waals surface area contributed by atoms with E-state index in [9.17, 15) is 18.0 Å². The normalized spacial score (nSPS) is 26.1. The third-order valence-electron chi connectivity index (χ3n) is 6.50. The molecule has 158 valence electrons. The molecule has 1 aliphatic carbocycles. The molecule has 0 aromatic carbocycles. The number of rotatable bonds is 2. The maximum absolute atomic E-state index is 13.0. The quantitative estimate of drug-likeness (QED) is 0.730. The number of alkyl halides is 3. The van der Waals surface area contributed by atoms with Gasteiger partial charge in [-0.05, 0) is 51.5 Å².